The predicted octanol–water partition coefficient (Wildman–Crippen LogP) is 0.995. The van der Waals surface area contributed by atoms with E-state index in [2.05, 4.69) is 0 Å². The molecule has 2 N–H and O–H groups in total. The number of hydroxylamine groups is 1. The number of hydrogen-bond acceptors (Lipinski definition) is 5. The van der Waals surface area contributed by atoms with Crippen LogP contribution in [0.4, 0.5) is 0 Å². The van der Waals surface area contributed by atoms with Crippen molar-refractivity contribution in [2.75, 3.05) is 0 Å². The number of carbonyl (C=O) groups is 1. The third-order valence-corrected chi connectivity index (χ3v) is 6.70. The molecule has 1 aromatic rings. The molecule has 1 aliphatic heterocycles. The zero-order chi connectivity index (χ0) is 16.6. The highest BCUT2D eigenvalue weighted by Crippen LogP contribution is 2.44. The monoisotopic (exact) mass is 335 g/mol. The number of amides is 1. The molecule has 3 rings (SSSR count). The molecule has 122 valence electrons. The van der Waals surface area contributed by atoms with Crippen LogP contribution < -0.4 is 5.48 Å². The van der Waals surface area contributed by atoms with Gasteiger partial charge in [-0.15, -0.1) is 0 Å². The standard InChI is InChI=1S/C15H17N3O4S/c16-9-10-4-6-12(7-5-10)23(21,22)18-13-3-1-2-11(13)8-14(18)15(19)17-20/h4-7,11,13-14,20H,1-3,8H2,(H,17,19)/t11-,13-,14-/m1/s1. The number of sulfonamides is 1. The van der Waals surface area contributed by atoms with Crippen molar-refractivity contribution in [3.8, 4) is 6.07 Å². The van der Waals surface area contributed by atoms with Gasteiger partial charge < -0.3 is 0 Å². The molecule has 2 aliphatic rings. The zero-order valence-corrected chi connectivity index (χ0v) is 13.2. The molecule has 0 unspecified atom stereocenters. The fourth-order valence-electron chi connectivity index (χ4n) is 3.72. The minimum atomic E-state index is -3.87. The number of hydrogen-bond donors (Lipinski definition) is 2. The van der Waals surface area contributed by atoms with Gasteiger partial charge in [0.25, 0.3) is 5.91 Å². The molecule has 0 bridgehead atoms. The smallest absolute Gasteiger partial charge is 0.261 e. The Kier molecular flexibility index (Phi) is 4.10. The van der Waals surface area contributed by atoms with Crippen molar-refractivity contribution < 1.29 is 18.4 Å². The molecular weight excluding hydrogens is 318 g/mol. The number of nitriles is 1. The minimum absolute atomic E-state index is 0.0554. The van der Waals surface area contributed by atoms with Crippen LogP contribution in [0, 0.1) is 17.2 Å². The fraction of sp³-hybridized carbons (Fsp3) is 0.467. The molecule has 0 radical (unpaired) electrons. The van der Waals surface area contributed by atoms with Gasteiger partial charge in [-0.25, -0.2) is 13.9 Å². The van der Waals surface area contributed by atoms with Gasteiger partial charge in [0, 0.05) is 6.04 Å². The van der Waals surface area contributed by atoms with Crippen molar-refractivity contribution in [2.24, 2.45) is 5.92 Å². The molecule has 1 saturated heterocycles. The number of nitrogens with zero attached hydrogens (tertiary/aromatic N) is 2. The summed E-state index contributed by atoms with van der Waals surface area (Å²) in [7, 11) is -3.87. The highest BCUT2D eigenvalue weighted by atomic mass is 32.2. The van der Waals surface area contributed by atoms with E-state index in [9.17, 15) is 13.2 Å². The average Bonchev–Trinajstić information content (AvgIpc) is 3.14. The summed E-state index contributed by atoms with van der Waals surface area (Å²) in [6, 6.07) is 6.48. The van der Waals surface area contributed by atoms with Gasteiger partial charge in [-0.1, -0.05) is 6.42 Å². The van der Waals surface area contributed by atoms with E-state index >= 15 is 0 Å². The lowest BCUT2D eigenvalue weighted by molar-refractivity contribution is -0.132. The Hall–Kier alpha value is -1.95. The molecule has 3 atom stereocenters. The SMILES string of the molecule is N#Cc1ccc(S(=O)(=O)N2[C@@H](C(=O)NO)C[C@H]3CCC[C@H]32)cc1. The summed E-state index contributed by atoms with van der Waals surface area (Å²) in [4.78, 5) is 12.0. The summed E-state index contributed by atoms with van der Waals surface area (Å²) in [5, 5.41) is 17.7. The molecule has 1 amide bonds. The second-order valence-electron chi connectivity index (χ2n) is 5.96. The van der Waals surface area contributed by atoms with E-state index in [0.717, 1.165) is 19.3 Å². The lowest BCUT2D eigenvalue weighted by Crippen LogP contribution is -2.48. The summed E-state index contributed by atoms with van der Waals surface area (Å²) >= 11 is 0. The van der Waals surface area contributed by atoms with Crippen LogP contribution in [-0.4, -0.2) is 35.9 Å². The van der Waals surface area contributed by atoms with Crippen molar-refractivity contribution in [1.82, 2.24) is 9.79 Å². The summed E-state index contributed by atoms with van der Waals surface area (Å²) in [6.07, 6.45) is 2.96. The van der Waals surface area contributed by atoms with E-state index in [1.165, 1.54) is 28.6 Å². The van der Waals surface area contributed by atoms with E-state index in [1.807, 2.05) is 6.07 Å². The molecule has 1 saturated carbocycles. The Balaban J connectivity index is 2.00. The van der Waals surface area contributed by atoms with Crippen LogP contribution in [0.5, 0.6) is 0 Å². The Bertz CT molecular complexity index is 754. The Labute approximate surface area is 134 Å². The Morgan fingerprint density at radius 3 is 2.61 bits per heavy atom. The Morgan fingerprint density at radius 1 is 1.30 bits per heavy atom. The first kappa shape index (κ1) is 15.9. The summed E-state index contributed by atoms with van der Waals surface area (Å²) < 4.78 is 27.2. The minimum Gasteiger partial charge on any atom is -0.289 e. The lowest BCUT2D eigenvalue weighted by atomic mass is 10.0. The van der Waals surface area contributed by atoms with E-state index in [0.29, 0.717) is 12.0 Å². The number of benzene rings is 1. The third kappa shape index (κ3) is 2.61. The van der Waals surface area contributed by atoms with Crippen molar-refractivity contribution in [1.29, 1.82) is 5.26 Å². The van der Waals surface area contributed by atoms with Crippen LogP contribution in [0.15, 0.2) is 29.2 Å². The molecule has 1 aliphatic carbocycles. The largest absolute Gasteiger partial charge is 0.289 e. The molecule has 0 aromatic heterocycles. The first-order chi connectivity index (χ1) is 11.0. The van der Waals surface area contributed by atoms with Crippen molar-refractivity contribution in [3.63, 3.8) is 0 Å². The van der Waals surface area contributed by atoms with Gasteiger partial charge in [-0.2, -0.15) is 9.57 Å². The highest BCUT2D eigenvalue weighted by Gasteiger charge is 2.52. The molecule has 1 heterocycles. The maximum atomic E-state index is 13.0. The fourth-order valence-corrected chi connectivity index (χ4v) is 5.59. The molecule has 0 spiro atoms. The van der Waals surface area contributed by atoms with Crippen molar-refractivity contribution >= 4 is 15.9 Å². The predicted molar refractivity (Wildman–Crippen MR) is 79.6 cm³/mol. The molecule has 8 heteroatoms. The molecule has 2 fully saturated rings. The maximum Gasteiger partial charge on any atom is 0.261 e. The summed E-state index contributed by atoms with van der Waals surface area (Å²) in [5.74, 6) is -0.554. The first-order valence-electron chi connectivity index (χ1n) is 7.46. The van der Waals surface area contributed by atoms with Gasteiger partial charge >= 0.3 is 0 Å². The quantitative estimate of drug-likeness (QED) is 0.632. The van der Waals surface area contributed by atoms with Crippen LogP contribution in [0.1, 0.15) is 31.2 Å². The molecule has 23 heavy (non-hydrogen) atoms. The van der Waals surface area contributed by atoms with E-state index < -0.39 is 22.0 Å². The lowest BCUT2D eigenvalue weighted by Gasteiger charge is -2.27. The van der Waals surface area contributed by atoms with Crippen LogP contribution in [0.3, 0.4) is 0 Å². The van der Waals surface area contributed by atoms with Crippen LogP contribution in [0.25, 0.3) is 0 Å². The van der Waals surface area contributed by atoms with E-state index in [1.54, 1.807) is 5.48 Å². The van der Waals surface area contributed by atoms with Gasteiger partial charge in [0.2, 0.25) is 10.0 Å². The van der Waals surface area contributed by atoms with Gasteiger partial charge in [-0.05, 0) is 49.4 Å². The van der Waals surface area contributed by atoms with Gasteiger partial charge in [-0.3, -0.25) is 10.0 Å². The van der Waals surface area contributed by atoms with Gasteiger partial charge in [0.15, 0.2) is 0 Å². The van der Waals surface area contributed by atoms with E-state index in [4.69, 9.17) is 10.5 Å². The first-order valence-corrected chi connectivity index (χ1v) is 8.90. The number of fused-ring (bicyclic) bond motifs is 1. The van der Waals surface area contributed by atoms with Crippen LogP contribution in [0.2, 0.25) is 0 Å². The second-order valence-corrected chi connectivity index (χ2v) is 7.80. The number of rotatable bonds is 3. The van der Waals surface area contributed by atoms with E-state index in [-0.39, 0.29) is 16.9 Å². The second kappa shape index (κ2) is 5.92. The van der Waals surface area contributed by atoms with Gasteiger partial charge in [0.05, 0.1) is 16.5 Å². The van der Waals surface area contributed by atoms with Crippen LogP contribution in [-0.2, 0) is 14.8 Å². The normalized spacial score (nSPS) is 27.4. The summed E-state index contributed by atoms with van der Waals surface area (Å²) in [6.45, 7) is 0. The maximum absolute atomic E-state index is 13.0. The Morgan fingerprint density at radius 2 is 2.00 bits per heavy atom. The van der Waals surface area contributed by atoms with Crippen molar-refractivity contribution in [2.45, 2.75) is 42.7 Å². The molecular formula is C15H17N3O4S. The third-order valence-electron chi connectivity index (χ3n) is 4.75. The van der Waals surface area contributed by atoms with Crippen LogP contribution >= 0.6 is 0 Å². The topological polar surface area (TPSA) is 111 Å². The van der Waals surface area contributed by atoms with Gasteiger partial charge in [0.1, 0.15) is 6.04 Å². The highest BCUT2D eigenvalue weighted by molar-refractivity contribution is 7.89. The molecule has 7 nitrogen and oxygen atoms in total. The van der Waals surface area contributed by atoms with Crippen molar-refractivity contribution in [3.05, 3.63) is 29.8 Å². The number of carbonyl (C=O) groups excluding carboxylic acids is 1. The summed E-state index contributed by atoms with van der Waals surface area (Å²) in [5.41, 5.74) is 1.95. The average molecular weight is 335 g/mol. The number of nitrogens with one attached hydrogen (secondary N) is 1. The zero-order valence-electron chi connectivity index (χ0n) is 12.3. The molecule has 1 aromatic carbocycles.